The van der Waals surface area contributed by atoms with Crippen molar-refractivity contribution in [2.24, 2.45) is 5.92 Å². The summed E-state index contributed by atoms with van der Waals surface area (Å²) in [5, 5.41) is 14.9. The number of hydrogen-bond acceptors (Lipinski definition) is 5. The molecule has 2 N–H and O–H groups in total. The molecule has 0 radical (unpaired) electrons. The molecule has 18 heavy (non-hydrogen) atoms. The van der Waals surface area contributed by atoms with E-state index in [1.807, 2.05) is 0 Å². The van der Waals surface area contributed by atoms with Crippen molar-refractivity contribution in [2.75, 3.05) is 6.54 Å². The highest BCUT2D eigenvalue weighted by atomic mass is 16.5. The van der Waals surface area contributed by atoms with Crippen LogP contribution >= 0.6 is 0 Å². The van der Waals surface area contributed by atoms with Crippen LogP contribution in [0, 0.1) is 12.8 Å². The van der Waals surface area contributed by atoms with E-state index in [1.165, 1.54) is 0 Å². The van der Waals surface area contributed by atoms with E-state index in [0.29, 0.717) is 31.1 Å². The van der Waals surface area contributed by atoms with Crippen LogP contribution in [-0.2, 0) is 16.0 Å². The van der Waals surface area contributed by atoms with E-state index in [9.17, 15) is 9.59 Å². The molecule has 1 aromatic heterocycles. The summed E-state index contributed by atoms with van der Waals surface area (Å²) in [5.74, 6) is -0.486. The number of rotatable bonds is 7. The van der Waals surface area contributed by atoms with Crippen LogP contribution in [0.5, 0.6) is 0 Å². The molecular weight excluding hydrogens is 238 g/mol. The second-order valence-electron chi connectivity index (χ2n) is 4.11. The minimum absolute atomic E-state index is 0.150. The SMILES string of the molecule is Cc1noc(CCC(=O)NCCC(C)C(=O)O)n1. The quantitative estimate of drug-likeness (QED) is 0.736. The number of aryl methyl sites for hydroxylation is 2. The van der Waals surface area contributed by atoms with E-state index in [1.54, 1.807) is 13.8 Å². The molecule has 0 aliphatic heterocycles. The van der Waals surface area contributed by atoms with Gasteiger partial charge in [-0.15, -0.1) is 0 Å². The molecule has 1 heterocycles. The molecule has 1 amide bonds. The smallest absolute Gasteiger partial charge is 0.306 e. The number of carboxylic acid groups (broad SMARTS) is 1. The molecule has 0 bridgehead atoms. The maximum atomic E-state index is 11.4. The lowest BCUT2D eigenvalue weighted by Crippen LogP contribution is -2.27. The van der Waals surface area contributed by atoms with E-state index in [0.717, 1.165) is 0 Å². The number of amides is 1. The molecule has 7 heteroatoms. The van der Waals surface area contributed by atoms with Gasteiger partial charge in [-0.05, 0) is 13.3 Å². The Morgan fingerprint density at radius 2 is 2.22 bits per heavy atom. The molecule has 1 unspecified atom stereocenters. The lowest BCUT2D eigenvalue weighted by atomic mass is 10.1. The highest BCUT2D eigenvalue weighted by Gasteiger charge is 2.11. The first kappa shape index (κ1) is 14.1. The molecule has 1 aromatic rings. The summed E-state index contributed by atoms with van der Waals surface area (Å²) in [7, 11) is 0. The number of hydrogen-bond donors (Lipinski definition) is 2. The maximum Gasteiger partial charge on any atom is 0.306 e. The van der Waals surface area contributed by atoms with E-state index in [4.69, 9.17) is 9.63 Å². The summed E-state index contributed by atoms with van der Waals surface area (Å²) in [6.07, 6.45) is 1.06. The van der Waals surface area contributed by atoms with Gasteiger partial charge in [-0.2, -0.15) is 4.98 Å². The molecule has 0 fully saturated rings. The van der Waals surface area contributed by atoms with Crippen LogP contribution in [0.15, 0.2) is 4.52 Å². The number of carbonyl (C=O) groups excluding carboxylic acids is 1. The van der Waals surface area contributed by atoms with E-state index in [2.05, 4.69) is 15.5 Å². The van der Waals surface area contributed by atoms with Gasteiger partial charge in [0.15, 0.2) is 5.82 Å². The average Bonchev–Trinajstić information content (AvgIpc) is 2.72. The van der Waals surface area contributed by atoms with E-state index >= 15 is 0 Å². The Balaban J connectivity index is 2.16. The van der Waals surface area contributed by atoms with Crippen molar-refractivity contribution in [3.63, 3.8) is 0 Å². The second-order valence-corrected chi connectivity index (χ2v) is 4.11. The molecule has 100 valence electrons. The molecule has 0 spiro atoms. The van der Waals surface area contributed by atoms with Gasteiger partial charge in [0.2, 0.25) is 11.8 Å². The number of aliphatic carboxylic acids is 1. The van der Waals surface area contributed by atoms with Gasteiger partial charge in [-0.25, -0.2) is 0 Å². The highest BCUT2D eigenvalue weighted by molar-refractivity contribution is 5.76. The molecule has 0 saturated carbocycles. The van der Waals surface area contributed by atoms with E-state index in [-0.39, 0.29) is 12.3 Å². The highest BCUT2D eigenvalue weighted by Crippen LogP contribution is 2.01. The van der Waals surface area contributed by atoms with Crippen molar-refractivity contribution < 1.29 is 19.2 Å². The number of aromatic nitrogens is 2. The zero-order valence-corrected chi connectivity index (χ0v) is 10.5. The Morgan fingerprint density at radius 1 is 1.50 bits per heavy atom. The summed E-state index contributed by atoms with van der Waals surface area (Å²) >= 11 is 0. The van der Waals surface area contributed by atoms with Crippen LogP contribution in [-0.4, -0.2) is 33.7 Å². The minimum Gasteiger partial charge on any atom is -0.481 e. The topological polar surface area (TPSA) is 105 Å². The first-order valence-electron chi connectivity index (χ1n) is 5.77. The summed E-state index contributed by atoms with van der Waals surface area (Å²) in [6.45, 7) is 3.67. The van der Waals surface area contributed by atoms with Crippen LogP contribution in [0.3, 0.4) is 0 Å². The Labute approximate surface area is 105 Å². The van der Waals surface area contributed by atoms with Gasteiger partial charge < -0.3 is 14.9 Å². The summed E-state index contributed by atoms with van der Waals surface area (Å²) in [6, 6.07) is 0. The molecule has 1 rings (SSSR count). The maximum absolute atomic E-state index is 11.4. The lowest BCUT2D eigenvalue weighted by molar-refractivity contribution is -0.141. The van der Waals surface area contributed by atoms with Gasteiger partial charge >= 0.3 is 5.97 Å². The third-order valence-electron chi connectivity index (χ3n) is 2.46. The van der Waals surface area contributed by atoms with Gasteiger partial charge in [0.25, 0.3) is 0 Å². The van der Waals surface area contributed by atoms with Crippen LogP contribution in [0.25, 0.3) is 0 Å². The number of carbonyl (C=O) groups is 2. The van der Waals surface area contributed by atoms with Crippen molar-refractivity contribution in [3.05, 3.63) is 11.7 Å². The van der Waals surface area contributed by atoms with Crippen molar-refractivity contribution in [2.45, 2.75) is 33.1 Å². The van der Waals surface area contributed by atoms with E-state index < -0.39 is 11.9 Å². The zero-order chi connectivity index (χ0) is 13.5. The largest absolute Gasteiger partial charge is 0.481 e. The fraction of sp³-hybridized carbons (Fsp3) is 0.636. The fourth-order valence-corrected chi connectivity index (χ4v) is 1.30. The Bertz CT molecular complexity index is 416. The van der Waals surface area contributed by atoms with Crippen molar-refractivity contribution >= 4 is 11.9 Å². The fourth-order valence-electron chi connectivity index (χ4n) is 1.30. The Morgan fingerprint density at radius 3 is 2.78 bits per heavy atom. The second kappa shape index (κ2) is 6.73. The number of carboxylic acids is 1. The predicted molar refractivity (Wildman–Crippen MR) is 61.8 cm³/mol. The standard InChI is InChI=1S/C11H17N3O4/c1-7(11(16)17)5-6-12-9(15)3-4-10-13-8(2)14-18-10/h7H,3-6H2,1-2H3,(H,12,15)(H,16,17). The third-order valence-corrected chi connectivity index (χ3v) is 2.46. The minimum atomic E-state index is -0.856. The van der Waals surface area contributed by atoms with Crippen LogP contribution in [0.1, 0.15) is 31.5 Å². The summed E-state index contributed by atoms with van der Waals surface area (Å²) in [5.41, 5.74) is 0. The van der Waals surface area contributed by atoms with Crippen LogP contribution < -0.4 is 5.32 Å². The molecule has 7 nitrogen and oxygen atoms in total. The van der Waals surface area contributed by atoms with Crippen molar-refractivity contribution in [1.82, 2.24) is 15.5 Å². The monoisotopic (exact) mass is 255 g/mol. The van der Waals surface area contributed by atoms with Gasteiger partial charge in [-0.3, -0.25) is 9.59 Å². The predicted octanol–water partition coefficient (Wildman–Crippen LogP) is 0.538. The summed E-state index contributed by atoms with van der Waals surface area (Å²) < 4.78 is 4.87. The van der Waals surface area contributed by atoms with Crippen LogP contribution in [0.2, 0.25) is 0 Å². The van der Waals surface area contributed by atoms with Gasteiger partial charge in [-0.1, -0.05) is 12.1 Å². The van der Waals surface area contributed by atoms with Gasteiger partial charge in [0.05, 0.1) is 5.92 Å². The lowest BCUT2D eigenvalue weighted by Gasteiger charge is -2.07. The van der Waals surface area contributed by atoms with Crippen molar-refractivity contribution in [3.8, 4) is 0 Å². The average molecular weight is 255 g/mol. The van der Waals surface area contributed by atoms with Crippen molar-refractivity contribution in [1.29, 1.82) is 0 Å². The Hall–Kier alpha value is -1.92. The molecule has 0 aliphatic carbocycles. The number of nitrogens with zero attached hydrogens (tertiary/aromatic N) is 2. The normalized spacial score (nSPS) is 12.1. The summed E-state index contributed by atoms with van der Waals surface area (Å²) in [4.78, 5) is 26.0. The Kier molecular flexibility index (Phi) is 5.29. The van der Waals surface area contributed by atoms with Gasteiger partial charge in [0.1, 0.15) is 0 Å². The zero-order valence-electron chi connectivity index (χ0n) is 10.5. The number of nitrogens with one attached hydrogen (secondary N) is 1. The first-order chi connectivity index (χ1) is 8.49. The molecule has 0 aromatic carbocycles. The first-order valence-corrected chi connectivity index (χ1v) is 5.77. The molecule has 1 atom stereocenters. The molecule has 0 aliphatic rings. The molecule has 0 saturated heterocycles. The third kappa shape index (κ3) is 4.94. The molecular formula is C11H17N3O4. The van der Waals surface area contributed by atoms with Gasteiger partial charge in [0, 0.05) is 19.4 Å². The van der Waals surface area contributed by atoms with Crippen LogP contribution in [0.4, 0.5) is 0 Å².